The molecule has 0 aliphatic heterocycles. The molecule has 2 atom stereocenters. The molecule has 1 aromatic carbocycles. The molecule has 0 aliphatic rings. The molecule has 0 saturated carbocycles. The summed E-state index contributed by atoms with van der Waals surface area (Å²) >= 11 is 3.46. The van der Waals surface area contributed by atoms with E-state index in [2.05, 4.69) is 40.3 Å². The smallest absolute Gasteiger partial charge is 0.0741 e. The number of rotatable bonds is 5. The van der Waals surface area contributed by atoms with Gasteiger partial charge in [0.25, 0.3) is 0 Å². The summed E-state index contributed by atoms with van der Waals surface area (Å²) in [7, 11) is 0. The highest BCUT2D eigenvalue weighted by atomic mass is 79.9. The largest absolute Gasteiger partial charge is 0.389 e. The van der Waals surface area contributed by atoms with Gasteiger partial charge in [-0.15, -0.1) is 0 Å². The fraction of sp³-hybridized carbons (Fsp3) is 0.538. The van der Waals surface area contributed by atoms with Gasteiger partial charge in [-0.25, -0.2) is 0 Å². The lowest BCUT2D eigenvalue weighted by atomic mass is 10.0. The topological polar surface area (TPSA) is 32.3 Å². The first kappa shape index (κ1) is 13.7. The highest BCUT2D eigenvalue weighted by Gasteiger charge is 2.18. The van der Waals surface area contributed by atoms with E-state index in [9.17, 15) is 5.11 Å². The zero-order valence-electron chi connectivity index (χ0n) is 10.1. The minimum Gasteiger partial charge on any atom is -0.389 e. The summed E-state index contributed by atoms with van der Waals surface area (Å²) in [5.41, 5.74) is 0.599. The second kappa shape index (κ2) is 5.80. The van der Waals surface area contributed by atoms with Crippen molar-refractivity contribution in [1.29, 1.82) is 0 Å². The second-order valence-electron chi connectivity index (χ2n) is 4.51. The lowest BCUT2D eigenvalue weighted by Gasteiger charge is -2.24. The van der Waals surface area contributed by atoms with Crippen LogP contribution in [0.25, 0.3) is 0 Å². The molecule has 1 unspecified atom stereocenters. The van der Waals surface area contributed by atoms with Crippen molar-refractivity contribution in [2.45, 2.75) is 38.8 Å². The van der Waals surface area contributed by atoms with Crippen LogP contribution in [0.2, 0.25) is 0 Å². The number of halogens is 1. The minimum atomic E-state index is -0.625. The van der Waals surface area contributed by atoms with Gasteiger partial charge in [0, 0.05) is 17.1 Å². The zero-order valence-corrected chi connectivity index (χ0v) is 11.7. The maximum absolute atomic E-state index is 9.90. The summed E-state index contributed by atoms with van der Waals surface area (Å²) in [5.74, 6) is 0. The maximum atomic E-state index is 9.90. The molecule has 2 nitrogen and oxygen atoms in total. The monoisotopic (exact) mass is 285 g/mol. The van der Waals surface area contributed by atoms with E-state index in [0.717, 1.165) is 10.9 Å². The molecule has 16 heavy (non-hydrogen) atoms. The Hall–Kier alpha value is -0.380. The van der Waals surface area contributed by atoms with Gasteiger partial charge in [-0.05, 0) is 38.0 Å². The van der Waals surface area contributed by atoms with Crippen molar-refractivity contribution in [1.82, 2.24) is 5.32 Å². The van der Waals surface area contributed by atoms with Crippen molar-refractivity contribution >= 4 is 15.9 Å². The number of aliphatic hydroxyl groups is 1. The van der Waals surface area contributed by atoms with E-state index < -0.39 is 5.60 Å². The Morgan fingerprint density at radius 2 is 2.19 bits per heavy atom. The van der Waals surface area contributed by atoms with Crippen molar-refractivity contribution < 1.29 is 5.11 Å². The van der Waals surface area contributed by atoms with Gasteiger partial charge < -0.3 is 10.4 Å². The first-order valence-corrected chi connectivity index (χ1v) is 6.45. The number of nitrogens with one attached hydrogen (secondary N) is 1. The van der Waals surface area contributed by atoms with Crippen LogP contribution in [0.5, 0.6) is 0 Å². The zero-order chi connectivity index (χ0) is 12.2. The normalized spacial score (nSPS) is 16.8. The molecule has 0 saturated heterocycles. The summed E-state index contributed by atoms with van der Waals surface area (Å²) < 4.78 is 1.08. The fourth-order valence-electron chi connectivity index (χ4n) is 1.39. The fourth-order valence-corrected chi connectivity index (χ4v) is 1.81. The molecule has 1 rings (SSSR count). The maximum Gasteiger partial charge on any atom is 0.0741 e. The van der Waals surface area contributed by atoms with Gasteiger partial charge in [-0.1, -0.05) is 35.0 Å². The Morgan fingerprint density at radius 3 is 2.75 bits per heavy atom. The third-order valence-electron chi connectivity index (χ3n) is 2.90. The molecule has 2 N–H and O–H groups in total. The summed E-state index contributed by atoms with van der Waals surface area (Å²) in [6, 6.07) is 8.46. The van der Waals surface area contributed by atoms with Crippen LogP contribution < -0.4 is 5.32 Å². The predicted octanol–water partition coefficient (Wildman–Crippen LogP) is 3.26. The van der Waals surface area contributed by atoms with Gasteiger partial charge in [-0.3, -0.25) is 0 Å². The van der Waals surface area contributed by atoms with E-state index >= 15 is 0 Å². The molecule has 0 amide bonds. The molecule has 0 fully saturated rings. The van der Waals surface area contributed by atoms with Gasteiger partial charge in [0.05, 0.1) is 5.60 Å². The van der Waals surface area contributed by atoms with Crippen LogP contribution in [0.1, 0.15) is 38.8 Å². The standard InChI is InChI=1S/C13H20BrNO/c1-4-13(3,16)9-15-10(2)11-6-5-7-12(14)8-11/h5-8,10,15-16H,4,9H2,1-3H3/t10-,13?/m0/s1. The van der Waals surface area contributed by atoms with Gasteiger partial charge in [0.1, 0.15) is 0 Å². The molecule has 0 spiro atoms. The van der Waals surface area contributed by atoms with E-state index in [4.69, 9.17) is 0 Å². The Labute approximate surface area is 106 Å². The van der Waals surface area contributed by atoms with Gasteiger partial charge >= 0.3 is 0 Å². The molecule has 0 heterocycles. The van der Waals surface area contributed by atoms with Crippen LogP contribution in [0.15, 0.2) is 28.7 Å². The third kappa shape index (κ3) is 4.24. The van der Waals surface area contributed by atoms with Crippen molar-refractivity contribution in [2.75, 3.05) is 6.54 Å². The molecule has 3 heteroatoms. The quantitative estimate of drug-likeness (QED) is 0.870. The van der Waals surface area contributed by atoms with Crippen LogP contribution >= 0.6 is 15.9 Å². The Kier molecular flexibility index (Phi) is 4.96. The van der Waals surface area contributed by atoms with Crippen LogP contribution in [-0.2, 0) is 0 Å². The summed E-state index contributed by atoms with van der Waals surface area (Å²) in [4.78, 5) is 0. The van der Waals surface area contributed by atoms with Gasteiger partial charge in [0.2, 0.25) is 0 Å². The Balaban J connectivity index is 2.56. The predicted molar refractivity (Wildman–Crippen MR) is 71.5 cm³/mol. The number of benzene rings is 1. The Bertz CT molecular complexity index is 338. The summed E-state index contributed by atoms with van der Waals surface area (Å²) in [6.07, 6.45) is 0.755. The Morgan fingerprint density at radius 1 is 1.50 bits per heavy atom. The van der Waals surface area contributed by atoms with Gasteiger partial charge in [-0.2, -0.15) is 0 Å². The summed E-state index contributed by atoms with van der Waals surface area (Å²) in [6.45, 7) is 6.56. The molecular formula is C13H20BrNO. The number of hydrogen-bond acceptors (Lipinski definition) is 2. The molecule has 0 radical (unpaired) electrons. The molecule has 0 aliphatic carbocycles. The molecule has 0 bridgehead atoms. The lowest BCUT2D eigenvalue weighted by molar-refractivity contribution is 0.0533. The average molecular weight is 286 g/mol. The van der Waals surface area contributed by atoms with Crippen LogP contribution in [0, 0.1) is 0 Å². The molecule has 90 valence electrons. The van der Waals surface area contributed by atoms with Crippen LogP contribution in [0.3, 0.4) is 0 Å². The van der Waals surface area contributed by atoms with Crippen molar-refractivity contribution in [3.63, 3.8) is 0 Å². The number of hydrogen-bond donors (Lipinski definition) is 2. The molecular weight excluding hydrogens is 266 g/mol. The second-order valence-corrected chi connectivity index (χ2v) is 5.42. The highest BCUT2D eigenvalue weighted by Crippen LogP contribution is 2.18. The highest BCUT2D eigenvalue weighted by molar-refractivity contribution is 9.10. The van der Waals surface area contributed by atoms with Crippen LogP contribution in [0.4, 0.5) is 0 Å². The van der Waals surface area contributed by atoms with E-state index in [0.29, 0.717) is 6.54 Å². The SMILES string of the molecule is CCC(C)(O)CN[C@@H](C)c1cccc(Br)c1. The van der Waals surface area contributed by atoms with E-state index in [-0.39, 0.29) is 6.04 Å². The third-order valence-corrected chi connectivity index (χ3v) is 3.39. The average Bonchev–Trinajstić information content (AvgIpc) is 2.26. The summed E-state index contributed by atoms with van der Waals surface area (Å²) in [5, 5.41) is 13.2. The first-order valence-electron chi connectivity index (χ1n) is 5.66. The lowest BCUT2D eigenvalue weighted by Crippen LogP contribution is -2.38. The van der Waals surface area contributed by atoms with Crippen molar-refractivity contribution in [2.24, 2.45) is 0 Å². The van der Waals surface area contributed by atoms with E-state index in [1.807, 2.05) is 26.0 Å². The van der Waals surface area contributed by atoms with Crippen molar-refractivity contribution in [3.05, 3.63) is 34.3 Å². The van der Waals surface area contributed by atoms with Crippen molar-refractivity contribution in [3.8, 4) is 0 Å². The van der Waals surface area contributed by atoms with Crippen LogP contribution in [-0.4, -0.2) is 17.3 Å². The van der Waals surface area contributed by atoms with Gasteiger partial charge in [0.15, 0.2) is 0 Å². The van der Waals surface area contributed by atoms with E-state index in [1.54, 1.807) is 0 Å². The first-order chi connectivity index (χ1) is 7.44. The molecule has 1 aromatic rings. The minimum absolute atomic E-state index is 0.246. The molecule has 0 aromatic heterocycles. The van der Waals surface area contributed by atoms with E-state index in [1.165, 1.54) is 5.56 Å².